The predicted octanol–water partition coefficient (Wildman–Crippen LogP) is 3.62. The van der Waals surface area contributed by atoms with Crippen molar-refractivity contribution < 1.29 is 9.59 Å². The monoisotopic (exact) mass is 373 g/mol. The van der Waals surface area contributed by atoms with Crippen molar-refractivity contribution in [1.29, 1.82) is 0 Å². The fourth-order valence-corrected chi connectivity index (χ4v) is 3.56. The highest BCUT2D eigenvalue weighted by Gasteiger charge is 2.29. The maximum atomic E-state index is 12.5. The summed E-state index contributed by atoms with van der Waals surface area (Å²) in [7, 11) is 4.07. The van der Waals surface area contributed by atoms with Crippen molar-refractivity contribution in [3.63, 3.8) is 0 Å². The first-order valence-electron chi connectivity index (χ1n) is 10.2. The second-order valence-corrected chi connectivity index (χ2v) is 8.26. The number of benzene rings is 1. The number of rotatable bonds is 8. The molecule has 0 unspecified atom stereocenters. The Morgan fingerprint density at radius 3 is 2.07 bits per heavy atom. The first-order valence-corrected chi connectivity index (χ1v) is 10.2. The molecule has 1 aliphatic carbocycles. The van der Waals surface area contributed by atoms with Gasteiger partial charge in [0, 0.05) is 24.1 Å². The van der Waals surface area contributed by atoms with Crippen LogP contribution in [0.4, 0.5) is 5.69 Å². The third-order valence-corrected chi connectivity index (χ3v) is 5.39. The highest BCUT2D eigenvalue weighted by molar-refractivity contribution is 5.92. The van der Waals surface area contributed by atoms with E-state index < -0.39 is 0 Å². The lowest BCUT2D eigenvalue weighted by Gasteiger charge is -2.27. The molecule has 0 spiro atoms. The van der Waals surface area contributed by atoms with E-state index >= 15 is 0 Å². The van der Waals surface area contributed by atoms with Crippen molar-refractivity contribution in [2.75, 3.05) is 32.5 Å². The largest absolute Gasteiger partial charge is 0.356 e. The van der Waals surface area contributed by atoms with Crippen molar-refractivity contribution in [1.82, 2.24) is 10.2 Å². The SMILES string of the molecule is CC(C)c1ccc(NC(=O)C2CCC(C(=O)NCCCN(C)C)CC2)cc1. The van der Waals surface area contributed by atoms with Gasteiger partial charge in [-0.3, -0.25) is 9.59 Å². The van der Waals surface area contributed by atoms with Crippen molar-refractivity contribution in [3.05, 3.63) is 29.8 Å². The first-order chi connectivity index (χ1) is 12.9. The average molecular weight is 374 g/mol. The number of carbonyl (C=O) groups excluding carboxylic acids is 2. The third-order valence-electron chi connectivity index (χ3n) is 5.39. The summed E-state index contributed by atoms with van der Waals surface area (Å²) in [6, 6.07) is 8.08. The van der Waals surface area contributed by atoms with E-state index in [0.29, 0.717) is 5.92 Å². The fraction of sp³-hybridized carbons (Fsp3) is 0.636. The van der Waals surface area contributed by atoms with Gasteiger partial charge in [0.25, 0.3) is 0 Å². The zero-order chi connectivity index (χ0) is 19.8. The second kappa shape index (κ2) is 10.5. The Hall–Kier alpha value is -1.88. The Morgan fingerprint density at radius 2 is 1.56 bits per heavy atom. The van der Waals surface area contributed by atoms with Gasteiger partial charge in [-0.05, 0) is 76.4 Å². The molecule has 5 nitrogen and oxygen atoms in total. The van der Waals surface area contributed by atoms with E-state index in [9.17, 15) is 9.59 Å². The number of hydrogen-bond donors (Lipinski definition) is 2. The maximum Gasteiger partial charge on any atom is 0.227 e. The van der Waals surface area contributed by atoms with Crippen LogP contribution in [0.2, 0.25) is 0 Å². The summed E-state index contributed by atoms with van der Waals surface area (Å²) < 4.78 is 0. The second-order valence-electron chi connectivity index (χ2n) is 8.26. The summed E-state index contributed by atoms with van der Waals surface area (Å²) in [4.78, 5) is 26.9. The highest BCUT2D eigenvalue weighted by Crippen LogP contribution is 2.30. The van der Waals surface area contributed by atoms with Gasteiger partial charge in [0.1, 0.15) is 0 Å². The Morgan fingerprint density at radius 1 is 1.00 bits per heavy atom. The average Bonchev–Trinajstić information content (AvgIpc) is 2.65. The Balaban J connectivity index is 1.72. The summed E-state index contributed by atoms with van der Waals surface area (Å²) in [5.74, 6) is 0.777. The van der Waals surface area contributed by atoms with Gasteiger partial charge in [0.2, 0.25) is 11.8 Å². The van der Waals surface area contributed by atoms with E-state index in [2.05, 4.69) is 41.5 Å². The zero-order valence-corrected chi connectivity index (χ0v) is 17.3. The fourth-order valence-electron chi connectivity index (χ4n) is 3.56. The quantitative estimate of drug-likeness (QED) is 0.684. The minimum Gasteiger partial charge on any atom is -0.356 e. The van der Waals surface area contributed by atoms with Crippen LogP contribution in [0, 0.1) is 11.8 Å². The molecule has 2 amide bonds. The van der Waals surface area contributed by atoms with Crippen molar-refractivity contribution >= 4 is 17.5 Å². The predicted molar refractivity (Wildman–Crippen MR) is 111 cm³/mol. The molecule has 0 atom stereocenters. The van der Waals surface area contributed by atoms with Crippen LogP contribution in [-0.4, -0.2) is 43.9 Å². The number of nitrogens with zero attached hydrogens (tertiary/aromatic N) is 1. The molecule has 1 saturated carbocycles. The molecule has 150 valence electrons. The van der Waals surface area contributed by atoms with Crippen LogP contribution in [-0.2, 0) is 9.59 Å². The Bertz CT molecular complexity index is 602. The van der Waals surface area contributed by atoms with Crippen molar-refractivity contribution in [2.45, 2.75) is 51.9 Å². The number of hydrogen-bond acceptors (Lipinski definition) is 3. The molecule has 0 aliphatic heterocycles. The lowest BCUT2D eigenvalue weighted by molar-refractivity contribution is -0.128. The number of anilines is 1. The Kier molecular flexibility index (Phi) is 8.29. The minimum absolute atomic E-state index is 0.00701. The maximum absolute atomic E-state index is 12.5. The molecule has 0 heterocycles. The molecule has 1 fully saturated rings. The highest BCUT2D eigenvalue weighted by atomic mass is 16.2. The van der Waals surface area contributed by atoms with Gasteiger partial charge in [0.05, 0.1) is 0 Å². The van der Waals surface area contributed by atoms with Crippen molar-refractivity contribution in [3.8, 4) is 0 Å². The van der Waals surface area contributed by atoms with E-state index in [1.54, 1.807) is 0 Å². The first kappa shape index (κ1) is 21.4. The van der Waals surface area contributed by atoms with Gasteiger partial charge in [-0.25, -0.2) is 0 Å². The summed E-state index contributed by atoms with van der Waals surface area (Å²) in [5, 5.41) is 6.07. The topological polar surface area (TPSA) is 61.4 Å². The molecule has 1 aliphatic rings. The van der Waals surface area contributed by atoms with Crippen LogP contribution in [0.25, 0.3) is 0 Å². The minimum atomic E-state index is 0.00701. The van der Waals surface area contributed by atoms with Crippen LogP contribution in [0.15, 0.2) is 24.3 Å². The van der Waals surface area contributed by atoms with E-state index in [4.69, 9.17) is 0 Å². The molecule has 0 saturated heterocycles. The van der Waals surface area contributed by atoms with Gasteiger partial charge in [-0.1, -0.05) is 26.0 Å². The summed E-state index contributed by atoms with van der Waals surface area (Å²) in [6.45, 7) is 6.02. The van der Waals surface area contributed by atoms with Crippen LogP contribution in [0.3, 0.4) is 0 Å². The summed E-state index contributed by atoms with van der Waals surface area (Å²) in [6.07, 6.45) is 4.12. The molecule has 2 rings (SSSR count). The van der Waals surface area contributed by atoms with E-state index in [1.807, 2.05) is 26.2 Å². The number of carbonyl (C=O) groups is 2. The molecular weight excluding hydrogens is 338 g/mol. The Labute approximate surface area is 163 Å². The van der Waals surface area contributed by atoms with Crippen LogP contribution >= 0.6 is 0 Å². The standard InChI is InChI=1S/C22H35N3O2/c1-16(2)17-10-12-20(13-11-17)24-22(27)19-8-6-18(7-9-19)21(26)23-14-5-15-25(3)4/h10-13,16,18-19H,5-9,14-15H2,1-4H3,(H,23,26)(H,24,27). The van der Waals surface area contributed by atoms with Crippen molar-refractivity contribution in [2.24, 2.45) is 11.8 Å². The molecule has 0 radical (unpaired) electrons. The van der Waals surface area contributed by atoms with Crippen LogP contribution in [0.1, 0.15) is 57.4 Å². The van der Waals surface area contributed by atoms with Gasteiger partial charge < -0.3 is 15.5 Å². The summed E-state index contributed by atoms with van der Waals surface area (Å²) in [5.41, 5.74) is 2.12. The van der Waals surface area contributed by atoms with Gasteiger partial charge >= 0.3 is 0 Å². The molecule has 2 N–H and O–H groups in total. The van der Waals surface area contributed by atoms with Crippen LogP contribution < -0.4 is 10.6 Å². The van der Waals surface area contributed by atoms with Crippen LogP contribution in [0.5, 0.6) is 0 Å². The third kappa shape index (κ3) is 6.98. The molecular formula is C22H35N3O2. The van der Waals surface area contributed by atoms with E-state index in [0.717, 1.165) is 50.9 Å². The summed E-state index contributed by atoms with van der Waals surface area (Å²) >= 11 is 0. The number of amides is 2. The molecule has 5 heteroatoms. The van der Waals surface area contributed by atoms with E-state index in [1.165, 1.54) is 5.56 Å². The lowest BCUT2D eigenvalue weighted by Crippen LogP contribution is -2.36. The molecule has 0 bridgehead atoms. The van der Waals surface area contributed by atoms with Gasteiger partial charge in [-0.15, -0.1) is 0 Å². The molecule has 0 aromatic heterocycles. The normalized spacial score (nSPS) is 19.9. The lowest BCUT2D eigenvalue weighted by atomic mass is 9.81. The smallest absolute Gasteiger partial charge is 0.227 e. The van der Waals surface area contributed by atoms with Gasteiger partial charge in [-0.2, -0.15) is 0 Å². The zero-order valence-electron chi connectivity index (χ0n) is 17.3. The molecule has 1 aromatic rings. The van der Waals surface area contributed by atoms with E-state index in [-0.39, 0.29) is 23.7 Å². The molecule has 27 heavy (non-hydrogen) atoms. The van der Waals surface area contributed by atoms with Gasteiger partial charge in [0.15, 0.2) is 0 Å². The number of nitrogens with one attached hydrogen (secondary N) is 2. The molecule has 1 aromatic carbocycles.